The molecule has 1 aliphatic carbocycles. The molecule has 0 unspecified atom stereocenters. The molecule has 11 rings (SSSR count). The second-order valence-corrected chi connectivity index (χ2v) is 14.9. The molecule has 0 N–H and O–H groups in total. The summed E-state index contributed by atoms with van der Waals surface area (Å²) < 4.78 is 2.51. The first-order valence-electron chi connectivity index (χ1n) is 18.7. The zero-order chi connectivity index (χ0) is 35.0. The van der Waals surface area contributed by atoms with Crippen LogP contribution in [-0.4, -0.2) is 11.3 Å². The van der Waals surface area contributed by atoms with Gasteiger partial charge < -0.3 is 14.4 Å². The zero-order valence-corrected chi connectivity index (χ0v) is 30.0. The normalized spacial score (nSPS) is 14.1. The molecule has 2 aliphatic heterocycles. The van der Waals surface area contributed by atoms with Crippen LogP contribution in [0.5, 0.6) is 0 Å². The molecule has 0 bridgehead atoms. The molecule has 0 atom stereocenters. The van der Waals surface area contributed by atoms with Gasteiger partial charge in [0.2, 0.25) is 0 Å². The first kappa shape index (κ1) is 30.6. The molecule has 1 aromatic heterocycles. The number of halogens is 1. The van der Waals surface area contributed by atoms with E-state index in [-0.39, 0.29) is 6.71 Å². The van der Waals surface area contributed by atoms with Crippen LogP contribution in [0.1, 0.15) is 24.1 Å². The van der Waals surface area contributed by atoms with E-state index in [1.165, 1.54) is 91.7 Å². The van der Waals surface area contributed by atoms with Crippen molar-refractivity contribution in [3.63, 3.8) is 0 Å². The summed E-state index contributed by atoms with van der Waals surface area (Å²) in [5, 5.41) is 2.14. The van der Waals surface area contributed by atoms with E-state index < -0.39 is 0 Å². The van der Waals surface area contributed by atoms with E-state index in [4.69, 9.17) is 11.6 Å². The average Bonchev–Trinajstić information content (AvgIpc) is 3.55. The van der Waals surface area contributed by atoms with Gasteiger partial charge in [0, 0.05) is 55.9 Å². The van der Waals surface area contributed by atoms with E-state index in [9.17, 15) is 0 Å². The second-order valence-electron chi connectivity index (χ2n) is 14.5. The van der Waals surface area contributed by atoms with Crippen LogP contribution < -0.4 is 26.2 Å². The van der Waals surface area contributed by atoms with Crippen LogP contribution in [0, 0.1) is 0 Å². The molecule has 3 heterocycles. The first-order valence-corrected chi connectivity index (χ1v) is 19.1. The van der Waals surface area contributed by atoms with Crippen molar-refractivity contribution in [2.45, 2.75) is 25.7 Å². The Labute approximate surface area is 315 Å². The van der Waals surface area contributed by atoms with E-state index in [1.807, 2.05) is 6.07 Å². The summed E-state index contributed by atoms with van der Waals surface area (Å²) in [5.74, 6) is 0. The minimum atomic E-state index is 0.0491. The van der Waals surface area contributed by atoms with Crippen LogP contribution in [0.15, 0.2) is 164 Å². The predicted octanol–water partition coefficient (Wildman–Crippen LogP) is 10.9. The molecule has 3 nitrogen and oxygen atoms in total. The number of nitrogens with zero attached hydrogens (tertiary/aromatic N) is 3. The molecule has 7 aromatic carbocycles. The highest BCUT2D eigenvalue weighted by atomic mass is 35.5. The van der Waals surface area contributed by atoms with E-state index in [0.717, 1.165) is 28.5 Å². The highest BCUT2D eigenvalue weighted by Crippen LogP contribution is 2.45. The number of aromatic nitrogens is 1. The van der Waals surface area contributed by atoms with Crippen molar-refractivity contribution in [1.29, 1.82) is 0 Å². The Morgan fingerprint density at radius 2 is 1.08 bits per heavy atom. The molecule has 0 saturated heterocycles. The Morgan fingerprint density at radius 1 is 0.472 bits per heavy atom. The van der Waals surface area contributed by atoms with Gasteiger partial charge in [-0.25, -0.2) is 0 Å². The molecule has 0 fully saturated rings. The lowest BCUT2D eigenvalue weighted by atomic mass is 9.33. The fraction of sp³-hybridized carbons (Fsp3) is 0.0833. The van der Waals surface area contributed by atoms with Crippen LogP contribution in [0.25, 0.3) is 27.7 Å². The van der Waals surface area contributed by atoms with Crippen molar-refractivity contribution < 1.29 is 0 Å². The molecule has 53 heavy (non-hydrogen) atoms. The van der Waals surface area contributed by atoms with Crippen LogP contribution >= 0.6 is 11.6 Å². The summed E-state index contributed by atoms with van der Waals surface area (Å²) in [4.78, 5) is 4.84. The third kappa shape index (κ3) is 4.68. The molecule has 3 aliphatic rings. The number of aryl methyl sites for hydroxylation is 1. The van der Waals surface area contributed by atoms with E-state index in [2.05, 4.69) is 172 Å². The Morgan fingerprint density at radius 3 is 1.79 bits per heavy atom. The fourth-order valence-corrected chi connectivity index (χ4v) is 9.55. The molecule has 5 heteroatoms. The third-order valence-corrected chi connectivity index (χ3v) is 11.9. The number of anilines is 6. The fourth-order valence-electron chi connectivity index (χ4n) is 9.38. The highest BCUT2D eigenvalue weighted by molar-refractivity contribution is 7.00. The summed E-state index contributed by atoms with van der Waals surface area (Å²) in [6.45, 7) is 0.0491. The molecular formula is C48H35BClN3. The average molecular weight is 700 g/mol. The summed E-state index contributed by atoms with van der Waals surface area (Å²) in [6, 6.07) is 59.9. The Hall–Kier alpha value is -5.97. The van der Waals surface area contributed by atoms with Gasteiger partial charge in [-0.15, -0.1) is 0 Å². The van der Waals surface area contributed by atoms with Crippen LogP contribution in [0.2, 0.25) is 5.02 Å². The monoisotopic (exact) mass is 699 g/mol. The Kier molecular flexibility index (Phi) is 6.96. The molecule has 0 spiro atoms. The SMILES string of the molecule is Clc1ccc2c(c1)N(c1ccccc1)c1cccc3c1B2c1ccc(-c2ccc(-n4c5c(c6ccccc64)CCCC5)cc2)cc1N3c1ccccc1. The van der Waals surface area contributed by atoms with Gasteiger partial charge in [-0.05, 0) is 132 Å². The summed E-state index contributed by atoms with van der Waals surface area (Å²) in [7, 11) is 0. The number of hydrogen-bond acceptors (Lipinski definition) is 2. The minimum Gasteiger partial charge on any atom is -0.313 e. The smallest absolute Gasteiger partial charge is 0.252 e. The van der Waals surface area contributed by atoms with Gasteiger partial charge >= 0.3 is 0 Å². The quantitative estimate of drug-likeness (QED) is 0.169. The van der Waals surface area contributed by atoms with Crippen molar-refractivity contribution in [2.24, 2.45) is 0 Å². The Bertz CT molecular complexity index is 2700. The van der Waals surface area contributed by atoms with Gasteiger partial charge in [0.15, 0.2) is 0 Å². The van der Waals surface area contributed by atoms with Crippen molar-refractivity contribution >= 4 is 79.7 Å². The van der Waals surface area contributed by atoms with Gasteiger partial charge in [-0.1, -0.05) is 103 Å². The first-order chi connectivity index (χ1) is 26.2. The maximum Gasteiger partial charge on any atom is 0.252 e. The number of benzene rings is 7. The molecule has 0 amide bonds. The maximum atomic E-state index is 6.76. The molecule has 0 radical (unpaired) electrons. The summed E-state index contributed by atoms with van der Waals surface area (Å²) >= 11 is 6.76. The van der Waals surface area contributed by atoms with Crippen LogP contribution in [0.3, 0.4) is 0 Å². The largest absolute Gasteiger partial charge is 0.313 e. The number of hydrogen-bond donors (Lipinski definition) is 0. The van der Waals surface area contributed by atoms with Gasteiger partial charge in [0.05, 0.1) is 5.52 Å². The van der Waals surface area contributed by atoms with Gasteiger partial charge in [-0.2, -0.15) is 0 Å². The number of para-hydroxylation sites is 3. The lowest BCUT2D eigenvalue weighted by Crippen LogP contribution is -2.61. The van der Waals surface area contributed by atoms with Crippen molar-refractivity contribution in [2.75, 3.05) is 9.80 Å². The second kappa shape index (κ2) is 12.0. The maximum absolute atomic E-state index is 6.76. The van der Waals surface area contributed by atoms with Crippen molar-refractivity contribution in [3.05, 3.63) is 180 Å². The van der Waals surface area contributed by atoms with E-state index >= 15 is 0 Å². The van der Waals surface area contributed by atoms with E-state index in [0.29, 0.717) is 0 Å². The molecule has 0 saturated carbocycles. The van der Waals surface area contributed by atoms with Crippen LogP contribution in [0.4, 0.5) is 34.1 Å². The predicted molar refractivity (Wildman–Crippen MR) is 224 cm³/mol. The van der Waals surface area contributed by atoms with Gasteiger partial charge in [0.1, 0.15) is 0 Å². The van der Waals surface area contributed by atoms with Gasteiger partial charge in [0.25, 0.3) is 6.71 Å². The topological polar surface area (TPSA) is 11.4 Å². The van der Waals surface area contributed by atoms with E-state index in [1.54, 1.807) is 0 Å². The highest BCUT2D eigenvalue weighted by Gasteiger charge is 2.43. The lowest BCUT2D eigenvalue weighted by molar-refractivity contribution is 0.667. The van der Waals surface area contributed by atoms with Crippen molar-refractivity contribution in [3.8, 4) is 16.8 Å². The van der Waals surface area contributed by atoms with Crippen molar-refractivity contribution in [1.82, 2.24) is 4.57 Å². The molecule has 8 aromatic rings. The summed E-state index contributed by atoms with van der Waals surface area (Å²) in [5.41, 5.74) is 18.8. The minimum absolute atomic E-state index is 0.0491. The third-order valence-electron chi connectivity index (χ3n) is 11.6. The van der Waals surface area contributed by atoms with Crippen LogP contribution in [-0.2, 0) is 12.8 Å². The number of rotatable bonds is 4. The number of fused-ring (bicyclic) bond motifs is 7. The summed E-state index contributed by atoms with van der Waals surface area (Å²) in [6.07, 6.45) is 4.83. The lowest BCUT2D eigenvalue weighted by Gasteiger charge is -2.44. The molecule has 252 valence electrons. The standard InChI is InChI=1S/C48H35BClN3/c50-34-25-29-41-47(31-34)53(36-14-5-2-6-15-36)45-21-11-20-44-48(45)49(41)40-28-24-33(30-46(40)52(44)35-12-3-1-4-13-35)32-22-26-37(27-23-32)51-42-18-9-7-16-38(42)39-17-8-10-19-43(39)51/h1-7,9,11-16,18,20-31H,8,10,17,19H2. The zero-order valence-electron chi connectivity index (χ0n) is 29.2. The Balaban J connectivity index is 1.08. The molecular weight excluding hydrogens is 665 g/mol. The van der Waals surface area contributed by atoms with Gasteiger partial charge in [-0.3, -0.25) is 0 Å².